The van der Waals surface area contributed by atoms with E-state index >= 15 is 0 Å². The zero-order valence-corrected chi connectivity index (χ0v) is 10.9. The molecule has 0 aromatic carbocycles. The van der Waals surface area contributed by atoms with Crippen LogP contribution in [0.2, 0.25) is 0 Å². The first-order valence-electron chi connectivity index (χ1n) is 6.28. The topological polar surface area (TPSA) is 61.8 Å². The van der Waals surface area contributed by atoms with E-state index in [0.717, 1.165) is 0 Å². The van der Waals surface area contributed by atoms with Crippen LogP contribution in [0, 0.1) is 17.3 Å². The van der Waals surface area contributed by atoms with Gasteiger partial charge < -0.3 is 14.2 Å². The quantitative estimate of drug-likeness (QED) is 0.546. The summed E-state index contributed by atoms with van der Waals surface area (Å²) in [5, 5.41) is 0. The van der Waals surface area contributed by atoms with Crippen molar-refractivity contribution in [3.05, 3.63) is 24.3 Å². The molecule has 3 rings (SSSR count). The highest BCUT2D eigenvalue weighted by Gasteiger charge is 2.67. The summed E-state index contributed by atoms with van der Waals surface area (Å²) in [6.45, 7) is 0.376. The van der Waals surface area contributed by atoms with Gasteiger partial charge in [0.25, 0.3) is 0 Å². The molecule has 4 atom stereocenters. The van der Waals surface area contributed by atoms with Crippen LogP contribution >= 0.6 is 0 Å². The molecule has 0 aromatic rings. The Labute approximate surface area is 111 Å². The van der Waals surface area contributed by atoms with Crippen molar-refractivity contribution in [2.24, 2.45) is 17.3 Å². The zero-order chi connectivity index (χ0) is 13.7. The maximum absolute atomic E-state index is 12.3. The average Bonchev–Trinajstić information content (AvgIpc) is 2.84. The monoisotopic (exact) mass is 264 g/mol. The summed E-state index contributed by atoms with van der Waals surface area (Å²) in [7, 11) is 2.80. The number of carbonyl (C=O) groups is 2. The first-order valence-corrected chi connectivity index (χ1v) is 6.28. The predicted octanol–water partition coefficient (Wildman–Crippen LogP) is 0.850. The molecule has 5 nitrogen and oxygen atoms in total. The van der Waals surface area contributed by atoms with E-state index in [4.69, 9.17) is 14.2 Å². The molecule has 0 saturated carbocycles. The lowest BCUT2D eigenvalue weighted by atomic mass is 9.59. The van der Waals surface area contributed by atoms with Crippen LogP contribution < -0.4 is 0 Å². The first kappa shape index (κ1) is 12.6. The molecule has 1 heterocycles. The number of ether oxygens (including phenoxy) is 3. The van der Waals surface area contributed by atoms with Crippen LogP contribution in [0.4, 0.5) is 0 Å². The van der Waals surface area contributed by atoms with Crippen LogP contribution in [0.15, 0.2) is 24.3 Å². The van der Waals surface area contributed by atoms with Gasteiger partial charge in [-0.2, -0.15) is 0 Å². The Kier molecular flexibility index (Phi) is 2.66. The minimum Gasteiger partial charge on any atom is -0.468 e. The van der Waals surface area contributed by atoms with Crippen LogP contribution in [0.25, 0.3) is 0 Å². The Balaban J connectivity index is 2.19. The van der Waals surface area contributed by atoms with E-state index in [-0.39, 0.29) is 23.6 Å². The van der Waals surface area contributed by atoms with Crippen LogP contribution in [-0.4, -0.2) is 38.4 Å². The number of rotatable bonds is 2. The molecule has 0 unspecified atom stereocenters. The van der Waals surface area contributed by atoms with E-state index in [0.29, 0.717) is 13.0 Å². The van der Waals surface area contributed by atoms with Crippen LogP contribution in [0.3, 0.4) is 0 Å². The molecule has 0 spiro atoms. The molecule has 0 radical (unpaired) electrons. The zero-order valence-electron chi connectivity index (χ0n) is 10.9. The molecule has 102 valence electrons. The fourth-order valence-corrected chi connectivity index (χ4v) is 3.63. The van der Waals surface area contributed by atoms with Gasteiger partial charge in [-0.1, -0.05) is 18.2 Å². The minimum absolute atomic E-state index is 0.0123. The van der Waals surface area contributed by atoms with Crippen molar-refractivity contribution in [1.82, 2.24) is 0 Å². The lowest BCUT2D eigenvalue weighted by Gasteiger charge is -2.46. The second-order valence-corrected chi connectivity index (χ2v) is 5.19. The number of methoxy groups -OCH3 is 2. The van der Waals surface area contributed by atoms with Crippen LogP contribution in [0.1, 0.15) is 6.42 Å². The van der Waals surface area contributed by atoms with E-state index in [2.05, 4.69) is 0 Å². The van der Waals surface area contributed by atoms with Gasteiger partial charge in [0.05, 0.1) is 19.1 Å². The van der Waals surface area contributed by atoms with Crippen molar-refractivity contribution >= 4 is 11.8 Å². The van der Waals surface area contributed by atoms with Gasteiger partial charge in [0, 0.05) is 18.9 Å². The third-order valence-corrected chi connectivity index (χ3v) is 4.47. The van der Waals surface area contributed by atoms with Gasteiger partial charge in [0.2, 0.25) is 11.6 Å². The van der Waals surface area contributed by atoms with E-state index < -0.39 is 11.2 Å². The Morgan fingerprint density at radius 2 is 2.26 bits per heavy atom. The van der Waals surface area contributed by atoms with Crippen molar-refractivity contribution < 1.29 is 23.8 Å². The van der Waals surface area contributed by atoms with E-state index in [9.17, 15) is 9.59 Å². The third kappa shape index (κ3) is 1.37. The molecule has 1 saturated heterocycles. The fraction of sp³-hybridized carbons (Fsp3) is 0.571. The summed E-state index contributed by atoms with van der Waals surface area (Å²) in [6.07, 6.45) is 7.50. The standard InChI is InChI=1S/C14H16O5/c1-17-12(16)13-6-3-4-9-8-19-14(18-2,11(9)13)10(15)5-7-13/h3-5,7,9,11H,6,8H2,1-2H3/t9-,11+,13-,14-/m1/s1. The summed E-state index contributed by atoms with van der Waals surface area (Å²) < 4.78 is 16.0. The lowest BCUT2D eigenvalue weighted by molar-refractivity contribution is -0.225. The molecule has 1 fully saturated rings. The molecule has 3 aliphatic rings. The Bertz CT molecular complexity index is 494. The van der Waals surface area contributed by atoms with Gasteiger partial charge in [-0.3, -0.25) is 9.59 Å². The molecule has 0 bridgehead atoms. The summed E-state index contributed by atoms with van der Waals surface area (Å²) in [4.78, 5) is 24.5. The second kappa shape index (κ2) is 4.02. The predicted molar refractivity (Wildman–Crippen MR) is 65.0 cm³/mol. The van der Waals surface area contributed by atoms with Crippen molar-refractivity contribution in [1.29, 1.82) is 0 Å². The first-order chi connectivity index (χ1) is 9.10. The molecule has 2 aliphatic carbocycles. The smallest absolute Gasteiger partial charge is 0.316 e. The molecular formula is C14H16O5. The molecule has 1 aliphatic heterocycles. The number of esters is 1. The molecule has 0 amide bonds. The highest BCUT2D eigenvalue weighted by atomic mass is 16.7. The summed E-state index contributed by atoms with van der Waals surface area (Å²) in [6, 6.07) is 0. The van der Waals surface area contributed by atoms with E-state index in [1.54, 1.807) is 6.08 Å². The highest BCUT2D eigenvalue weighted by Crippen LogP contribution is 2.56. The number of carbonyl (C=O) groups excluding carboxylic acids is 2. The minimum atomic E-state index is -1.35. The summed E-state index contributed by atoms with van der Waals surface area (Å²) in [5.41, 5.74) is -0.866. The van der Waals surface area contributed by atoms with Gasteiger partial charge in [0.1, 0.15) is 0 Å². The van der Waals surface area contributed by atoms with E-state index in [1.807, 2.05) is 12.2 Å². The molecule has 5 heteroatoms. The number of hydrogen-bond donors (Lipinski definition) is 0. The van der Waals surface area contributed by atoms with Crippen molar-refractivity contribution in [3.8, 4) is 0 Å². The Morgan fingerprint density at radius 3 is 2.95 bits per heavy atom. The van der Waals surface area contributed by atoms with Gasteiger partial charge in [0.15, 0.2) is 0 Å². The van der Waals surface area contributed by atoms with Gasteiger partial charge in [-0.05, 0) is 12.5 Å². The maximum atomic E-state index is 12.3. The van der Waals surface area contributed by atoms with E-state index in [1.165, 1.54) is 20.3 Å². The summed E-state index contributed by atoms with van der Waals surface area (Å²) >= 11 is 0. The largest absolute Gasteiger partial charge is 0.468 e. The normalized spacial score (nSPS) is 43.2. The van der Waals surface area contributed by atoms with Gasteiger partial charge in [-0.15, -0.1) is 0 Å². The van der Waals surface area contributed by atoms with Gasteiger partial charge >= 0.3 is 5.97 Å². The number of hydrogen-bond acceptors (Lipinski definition) is 5. The SMILES string of the molecule is COC(=O)[C@@]12C=CC(=O)[C@@]3(OC)OC[C@@H](C=CC1)[C@H]32. The third-order valence-electron chi connectivity index (χ3n) is 4.47. The average molecular weight is 264 g/mol. The second-order valence-electron chi connectivity index (χ2n) is 5.19. The number of allylic oxidation sites excluding steroid dienone is 1. The highest BCUT2D eigenvalue weighted by molar-refractivity contribution is 6.00. The maximum Gasteiger partial charge on any atom is 0.316 e. The van der Waals surface area contributed by atoms with Crippen LogP contribution in [0.5, 0.6) is 0 Å². The Hall–Kier alpha value is -1.46. The molecular weight excluding hydrogens is 248 g/mol. The van der Waals surface area contributed by atoms with Gasteiger partial charge in [-0.25, -0.2) is 0 Å². The van der Waals surface area contributed by atoms with Crippen molar-refractivity contribution in [2.45, 2.75) is 12.2 Å². The van der Waals surface area contributed by atoms with Crippen molar-refractivity contribution in [2.75, 3.05) is 20.8 Å². The van der Waals surface area contributed by atoms with Crippen molar-refractivity contribution in [3.63, 3.8) is 0 Å². The van der Waals surface area contributed by atoms with Crippen LogP contribution in [-0.2, 0) is 23.8 Å². The summed E-state index contributed by atoms with van der Waals surface area (Å²) in [5.74, 6) is -2.31. The molecule has 0 N–H and O–H groups in total. The number of ketones is 1. The molecule has 19 heavy (non-hydrogen) atoms. The molecule has 0 aromatic heterocycles. The Morgan fingerprint density at radius 1 is 1.47 bits per heavy atom. The fourth-order valence-electron chi connectivity index (χ4n) is 3.63. The lowest BCUT2D eigenvalue weighted by Crippen LogP contribution is -2.58.